The fraction of sp³-hybridized carbons (Fsp3) is 0.333. The zero-order chi connectivity index (χ0) is 15.4. The molecular formula is C15H18IN3O2. The van der Waals surface area contributed by atoms with E-state index in [9.17, 15) is 0 Å². The molecule has 1 aromatic heterocycles. The number of rotatable bonds is 5. The van der Waals surface area contributed by atoms with Crippen LogP contribution in [0.5, 0.6) is 11.5 Å². The van der Waals surface area contributed by atoms with Gasteiger partial charge in [0, 0.05) is 5.56 Å². The number of hydrogen-bond donors (Lipinski definition) is 1. The topological polar surface area (TPSA) is 70.3 Å². The minimum Gasteiger partial charge on any atom is -0.493 e. The van der Waals surface area contributed by atoms with E-state index < -0.39 is 0 Å². The SMILES string of the molecule is CCCc1nc(-c2ccc(OC)c(OC)c2)nc(N)c1I. The van der Waals surface area contributed by atoms with Gasteiger partial charge in [0.25, 0.3) is 0 Å². The molecule has 0 fully saturated rings. The number of methoxy groups -OCH3 is 2. The molecule has 21 heavy (non-hydrogen) atoms. The van der Waals surface area contributed by atoms with E-state index in [-0.39, 0.29) is 0 Å². The first kappa shape index (κ1) is 15.8. The van der Waals surface area contributed by atoms with E-state index in [2.05, 4.69) is 39.5 Å². The van der Waals surface area contributed by atoms with Crippen LogP contribution in [0, 0.1) is 3.57 Å². The molecule has 0 saturated carbocycles. The van der Waals surface area contributed by atoms with Crippen molar-refractivity contribution >= 4 is 28.4 Å². The summed E-state index contributed by atoms with van der Waals surface area (Å²) in [4.78, 5) is 9.01. The van der Waals surface area contributed by atoms with E-state index in [0.717, 1.165) is 27.7 Å². The number of benzene rings is 1. The maximum absolute atomic E-state index is 6.00. The molecule has 2 N–H and O–H groups in total. The van der Waals surface area contributed by atoms with Gasteiger partial charge < -0.3 is 15.2 Å². The van der Waals surface area contributed by atoms with E-state index in [1.165, 1.54) is 0 Å². The van der Waals surface area contributed by atoms with Gasteiger partial charge in [0.2, 0.25) is 0 Å². The Morgan fingerprint density at radius 3 is 2.48 bits per heavy atom. The van der Waals surface area contributed by atoms with Crippen molar-refractivity contribution in [1.82, 2.24) is 9.97 Å². The first-order valence-corrected chi connectivity index (χ1v) is 7.72. The molecule has 0 aliphatic heterocycles. The molecule has 0 aliphatic rings. The van der Waals surface area contributed by atoms with Crippen molar-refractivity contribution < 1.29 is 9.47 Å². The first-order chi connectivity index (χ1) is 10.1. The monoisotopic (exact) mass is 399 g/mol. The largest absolute Gasteiger partial charge is 0.493 e. The molecular weight excluding hydrogens is 381 g/mol. The molecule has 0 bridgehead atoms. The summed E-state index contributed by atoms with van der Waals surface area (Å²) in [7, 11) is 3.21. The minimum absolute atomic E-state index is 0.513. The van der Waals surface area contributed by atoms with Gasteiger partial charge in [-0.3, -0.25) is 0 Å². The molecule has 112 valence electrons. The molecule has 5 nitrogen and oxygen atoms in total. The Balaban J connectivity index is 2.51. The van der Waals surface area contributed by atoms with Crippen LogP contribution in [-0.4, -0.2) is 24.2 Å². The Bertz CT molecular complexity index is 647. The molecule has 2 rings (SSSR count). The van der Waals surface area contributed by atoms with Gasteiger partial charge in [0.05, 0.1) is 23.5 Å². The number of aryl methyl sites for hydroxylation is 1. The minimum atomic E-state index is 0.513. The smallest absolute Gasteiger partial charge is 0.161 e. The second-order valence-electron chi connectivity index (χ2n) is 4.51. The van der Waals surface area contributed by atoms with Crippen LogP contribution in [0.4, 0.5) is 5.82 Å². The number of nitrogens with zero attached hydrogens (tertiary/aromatic N) is 2. The highest BCUT2D eigenvalue weighted by Crippen LogP contribution is 2.32. The Labute approximate surface area is 138 Å². The second kappa shape index (κ2) is 6.93. The van der Waals surface area contributed by atoms with E-state index in [1.807, 2.05) is 18.2 Å². The average Bonchev–Trinajstić information content (AvgIpc) is 2.51. The number of aromatic nitrogens is 2. The molecule has 1 heterocycles. The fourth-order valence-corrected chi connectivity index (χ4v) is 2.53. The summed E-state index contributed by atoms with van der Waals surface area (Å²) in [6.45, 7) is 2.12. The zero-order valence-corrected chi connectivity index (χ0v) is 14.5. The summed E-state index contributed by atoms with van der Waals surface area (Å²) in [5.41, 5.74) is 7.84. The lowest BCUT2D eigenvalue weighted by molar-refractivity contribution is 0.355. The average molecular weight is 399 g/mol. The van der Waals surface area contributed by atoms with Crippen LogP contribution in [0.3, 0.4) is 0 Å². The van der Waals surface area contributed by atoms with E-state index in [4.69, 9.17) is 15.2 Å². The Morgan fingerprint density at radius 2 is 1.86 bits per heavy atom. The Morgan fingerprint density at radius 1 is 1.14 bits per heavy atom. The molecule has 0 unspecified atom stereocenters. The number of hydrogen-bond acceptors (Lipinski definition) is 5. The van der Waals surface area contributed by atoms with Crippen LogP contribution in [0.2, 0.25) is 0 Å². The molecule has 0 spiro atoms. The standard InChI is InChI=1S/C15H18IN3O2/c1-4-5-10-13(16)14(17)19-15(18-10)9-6-7-11(20-2)12(8-9)21-3/h6-8H,4-5H2,1-3H3,(H2,17,18,19). The summed E-state index contributed by atoms with van der Waals surface area (Å²) in [5.74, 6) is 2.44. The highest BCUT2D eigenvalue weighted by atomic mass is 127. The summed E-state index contributed by atoms with van der Waals surface area (Å²) in [6.07, 6.45) is 1.89. The third kappa shape index (κ3) is 3.37. The van der Waals surface area contributed by atoms with Crippen molar-refractivity contribution in [1.29, 1.82) is 0 Å². The summed E-state index contributed by atoms with van der Waals surface area (Å²) in [5, 5.41) is 0. The van der Waals surface area contributed by atoms with Crippen LogP contribution >= 0.6 is 22.6 Å². The summed E-state index contributed by atoms with van der Waals surface area (Å²) in [6, 6.07) is 5.60. The fourth-order valence-electron chi connectivity index (χ4n) is 2.02. The van der Waals surface area contributed by atoms with Crippen LogP contribution in [-0.2, 0) is 6.42 Å². The third-order valence-corrected chi connectivity index (χ3v) is 4.25. The Hall–Kier alpha value is -1.57. The van der Waals surface area contributed by atoms with Gasteiger partial charge in [-0.25, -0.2) is 9.97 Å². The molecule has 0 atom stereocenters. The highest BCUT2D eigenvalue weighted by molar-refractivity contribution is 14.1. The third-order valence-electron chi connectivity index (χ3n) is 3.07. The predicted octanol–water partition coefficient (Wildman–Crippen LogP) is 3.30. The first-order valence-electron chi connectivity index (χ1n) is 6.65. The van der Waals surface area contributed by atoms with Gasteiger partial charge in [-0.1, -0.05) is 13.3 Å². The number of nitrogen functional groups attached to an aromatic ring is 1. The molecule has 0 amide bonds. The van der Waals surface area contributed by atoms with Crippen molar-refractivity contribution in [2.75, 3.05) is 20.0 Å². The molecule has 6 heteroatoms. The predicted molar refractivity (Wildman–Crippen MR) is 91.7 cm³/mol. The van der Waals surface area contributed by atoms with Gasteiger partial charge in [-0.2, -0.15) is 0 Å². The summed E-state index contributed by atoms with van der Waals surface area (Å²) < 4.78 is 11.5. The normalized spacial score (nSPS) is 10.5. The molecule has 1 aromatic carbocycles. The lowest BCUT2D eigenvalue weighted by Gasteiger charge is -2.11. The number of anilines is 1. The number of ether oxygens (including phenoxy) is 2. The van der Waals surface area contributed by atoms with Gasteiger partial charge in [0.1, 0.15) is 5.82 Å². The van der Waals surface area contributed by atoms with E-state index >= 15 is 0 Å². The van der Waals surface area contributed by atoms with Crippen LogP contribution < -0.4 is 15.2 Å². The quantitative estimate of drug-likeness (QED) is 0.782. The van der Waals surface area contributed by atoms with Crippen molar-refractivity contribution in [3.63, 3.8) is 0 Å². The lowest BCUT2D eigenvalue weighted by Crippen LogP contribution is -2.05. The van der Waals surface area contributed by atoms with E-state index in [0.29, 0.717) is 23.1 Å². The summed E-state index contributed by atoms with van der Waals surface area (Å²) >= 11 is 2.19. The zero-order valence-electron chi connectivity index (χ0n) is 12.3. The van der Waals surface area contributed by atoms with Crippen molar-refractivity contribution in [3.05, 3.63) is 27.5 Å². The van der Waals surface area contributed by atoms with Gasteiger partial charge in [0.15, 0.2) is 17.3 Å². The molecule has 0 aliphatic carbocycles. The maximum Gasteiger partial charge on any atom is 0.161 e. The Kier molecular flexibility index (Phi) is 5.22. The lowest BCUT2D eigenvalue weighted by atomic mass is 10.1. The van der Waals surface area contributed by atoms with Gasteiger partial charge in [-0.05, 0) is 47.2 Å². The van der Waals surface area contributed by atoms with Crippen LogP contribution in [0.25, 0.3) is 11.4 Å². The van der Waals surface area contributed by atoms with Crippen molar-refractivity contribution in [3.8, 4) is 22.9 Å². The van der Waals surface area contributed by atoms with Gasteiger partial charge in [-0.15, -0.1) is 0 Å². The van der Waals surface area contributed by atoms with Crippen LogP contribution in [0.15, 0.2) is 18.2 Å². The maximum atomic E-state index is 6.00. The van der Waals surface area contributed by atoms with Crippen LogP contribution in [0.1, 0.15) is 19.0 Å². The second-order valence-corrected chi connectivity index (χ2v) is 5.59. The van der Waals surface area contributed by atoms with Crippen molar-refractivity contribution in [2.24, 2.45) is 0 Å². The number of halogens is 1. The molecule has 2 aromatic rings. The van der Waals surface area contributed by atoms with E-state index in [1.54, 1.807) is 14.2 Å². The number of nitrogens with two attached hydrogens (primary N) is 1. The molecule has 0 radical (unpaired) electrons. The highest BCUT2D eigenvalue weighted by Gasteiger charge is 2.13. The molecule has 0 saturated heterocycles. The van der Waals surface area contributed by atoms with Gasteiger partial charge >= 0.3 is 0 Å². The van der Waals surface area contributed by atoms with Crippen molar-refractivity contribution in [2.45, 2.75) is 19.8 Å².